The third kappa shape index (κ3) is 4.09. The molecule has 0 radical (unpaired) electrons. The molecule has 3 rings (SSSR count). The smallest absolute Gasteiger partial charge is 0.329 e. The van der Waals surface area contributed by atoms with Crippen LogP contribution in [0.2, 0.25) is 10.0 Å². The van der Waals surface area contributed by atoms with E-state index in [0.717, 1.165) is 6.42 Å². The van der Waals surface area contributed by atoms with Crippen LogP contribution in [0.4, 0.5) is 0 Å². The molecule has 0 N–H and O–H groups in total. The average Bonchev–Trinajstić information content (AvgIpc) is 3.32. The summed E-state index contributed by atoms with van der Waals surface area (Å²) in [7, 11) is 0. The lowest BCUT2D eigenvalue weighted by Gasteiger charge is -2.22. The highest BCUT2D eigenvalue weighted by Crippen LogP contribution is 2.24. The van der Waals surface area contributed by atoms with Gasteiger partial charge in [-0.25, -0.2) is 4.79 Å². The number of likely N-dealkylation sites (tertiary alicyclic amines) is 1. The Balaban J connectivity index is 1.61. The second kappa shape index (κ2) is 8.20. The summed E-state index contributed by atoms with van der Waals surface area (Å²) in [4.78, 5) is 39.1. The summed E-state index contributed by atoms with van der Waals surface area (Å²) in [5, 5.41) is 2.41. The molecular formula is C18H15Cl2NO4S. The van der Waals surface area contributed by atoms with E-state index in [2.05, 4.69) is 0 Å². The van der Waals surface area contributed by atoms with E-state index in [1.807, 2.05) is 5.38 Å². The van der Waals surface area contributed by atoms with Crippen molar-refractivity contribution in [3.05, 3.63) is 56.2 Å². The summed E-state index contributed by atoms with van der Waals surface area (Å²) >= 11 is 13.0. The molecular weight excluding hydrogens is 397 g/mol. The van der Waals surface area contributed by atoms with Crippen LogP contribution in [0.15, 0.2) is 35.7 Å². The van der Waals surface area contributed by atoms with Gasteiger partial charge >= 0.3 is 5.97 Å². The van der Waals surface area contributed by atoms with Gasteiger partial charge in [-0.2, -0.15) is 0 Å². The molecule has 8 heteroatoms. The summed E-state index contributed by atoms with van der Waals surface area (Å²) < 4.78 is 5.15. The highest BCUT2D eigenvalue weighted by molar-refractivity contribution is 7.12. The standard InChI is InChI=1S/C18H15Cl2NO4S/c19-12-6-5-11(9-13(12)20)15(22)10-25-18(24)14-3-1-7-21(14)17(23)16-4-2-8-26-16/h2,4-6,8-9,14H,1,3,7,10H2. The summed E-state index contributed by atoms with van der Waals surface area (Å²) in [6.07, 6.45) is 1.24. The fourth-order valence-electron chi connectivity index (χ4n) is 2.78. The van der Waals surface area contributed by atoms with Gasteiger partial charge in [0.1, 0.15) is 6.04 Å². The van der Waals surface area contributed by atoms with Gasteiger partial charge in [0, 0.05) is 12.1 Å². The molecule has 1 aliphatic rings. The molecule has 0 bridgehead atoms. The minimum atomic E-state index is -0.661. The van der Waals surface area contributed by atoms with Crippen LogP contribution in [0.1, 0.15) is 32.9 Å². The first-order chi connectivity index (χ1) is 12.5. The van der Waals surface area contributed by atoms with Crippen molar-refractivity contribution in [2.75, 3.05) is 13.2 Å². The number of hydrogen-bond donors (Lipinski definition) is 0. The normalized spacial score (nSPS) is 16.5. The Hall–Kier alpha value is -1.89. The highest BCUT2D eigenvalue weighted by Gasteiger charge is 2.36. The van der Waals surface area contributed by atoms with Gasteiger partial charge in [-0.05, 0) is 42.5 Å². The number of ketones is 1. The monoisotopic (exact) mass is 411 g/mol. The zero-order valence-electron chi connectivity index (χ0n) is 13.6. The molecule has 2 aromatic rings. The zero-order valence-corrected chi connectivity index (χ0v) is 15.9. The van der Waals surface area contributed by atoms with Gasteiger partial charge < -0.3 is 9.64 Å². The van der Waals surface area contributed by atoms with Crippen molar-refractivity contribution in [3.63, 3.8) is 0 Å². The number of benzene rings is 1. The number of carbonyl (C=O) groups is 3. The summed E-state index contributed by atoms with van der Waals surface area (Å²) in [5.41, 5.74) is 0.310. The molecule has 1 aromatic heterocycles. The molecule has 1 aromatic carbocycles. The molecule has 0 saturated carbocycles. The maximum atomic E-state index is 12.5. The Bertz CT molecular complexity index is 838. The quantitative estimate of drug-likeness (QED) is 0.548. The molecule has 0 spiro atoms. The van der Waals surface area contributed by atoms with E-state index in [1.165, 1.54) is 34.4 Å². The minimum absolute atomic E-state index is 0.185. The average molecular weight is 412 g/mol. The molecule has 1 atom stereocenters. The fourth-order valence-corrected chi connectivity index (χ4v) is 3.76. The molecule has 1 saturated heterocycles. The first-order valence-electron chi connectivity index (χ1n) is 7.96. The first-order valence-corrected chi connectivity index (χ1v) is 9.60. The van der Waals surface area contributed by atoms with Gasteiger partial charge in [0.05, 0.1) is 14.9 Å². The summed E-state index contributed by atoms with van der Waals surface area (Å²) in [6.45, 7) is 0.0889. The van der Waals surface area contributed by atoms with Crippen LogP contribution < -0.4 is 0 Å². The third-order valence-electron chi connectivity index (χ3n) is 4.10. The van der Waals surface area contributed by atoms with E-state index in [0.29, 0.717) is 28.4 Å². The lowest BCUT2D eigenvalue weighted by atomic mass is 10.1. The maximum absolute atomic E-state index is 12.5. The molecule has 5 nitrogen and oxygen atoms in total. The van der Waals surface area contributed by atoms with Crippen LogP contribution in [0.25, 0.3) is 0 Å². The van der Waals surface area contributed by atoms with Crippen molar-refractivity contribution in [2.45, 2.75) is 18.9 Å². The second-order valence-electron chi connectivity index (χ2n) is 5.79. The molecule has 26 heavy (non-hydrogen) atoms. The van der Waals surface area contributed by atoms with Gasteiger partial charge in [0.25, 0.3) is 5.91 Å². The molecule has 1 aliphatic heterocycles. The lowest BCUT2D eigenvalue weighted by molar-refractivity contribution is -0.147. The van der Waals surface area contributed by atoms with Crippen molar-refractivity contribution in [1.29, 1.82) is 0 Å². The SMILES string of the molecule is O=C(COC(=O)C1CCCN1C(=O)c1cccs1)c1ccc(Cl)c(Cl)c1. The van der Waals surface area contributed by atoms with E-state index in [9.17, 15) is 14.4 Å². The van der Waals surface area contributed by atoms with Gasteiger partial charge in [-0.3, -0.25) is 9.59 Å². The van der Waals surface area contributed by atoms with Crippen molar-refractivity contribution >= 4 is 52.2 Å². The highest BCUT2D eigenvalue weighted by atomic mass is 35.5. The first kappa shape index (κ1) is 18.9. The van der Waals surface area contributed by atoms with Crippen molar-refractivity contribution in [2.24, 2.45) is 0 Å². The zero-order chi connectivity index (χ0) is 18.7. The second-order valence-corrected chi connectivity index (χ2v) is 7.56. The Morgan fingerprint density at radius 1 is 1.19 bits per heavy atom. The van der Waals surface area contributed by atoms with Crippen LogP contribution in [0, 0.1) is 0 Å². The number of amides is 1. The van der Waals surface area contributed by atoms with Crippen LogP contribution in [0.3, 0.4) is 0 Å². The molecule has 2 heterocycles. The maximum Gasteiger partial charge on any atom is 0.329 e. The van der Waals surface area contributed by atoms with E-state index >= 15 is 0 Å². The van der Waals surface area contributed by atoms with Crippen molar-refractivity contribution < 1.29 is 19.1 Å². The van der Waals surface area contributed by atoms with E-state index in [4.69, 9.17) is 27.9 Å². The summed E-state index contributed by atoms with van der Waals surface area (Å²) in [6, 6.07) is 7.32. The predicted octanol–water partition coefficient (Wildman–Crippen LogP) is 4.09. The van der Waals surface area contributed by atoms with Gasteiger partial charge in [0.2, 0.25) is 0 Å². The lowest BCUT2D eigenvalue weighted by Crippen LogP contribution is -2.41. The van der Waals surface area contributed by atoms with Crippen molar-refractivity contribution in [3.8, 4) is 0 Å². The molecule has 136 valence electrons. The van der Waals surface area contributed by atoms with Crippen LogP contribution >= 0.6 is 34.5 Å². The number of nitrogens with zero attached hydrogens (tertiary/aromatic N) is 1. The van der Waals surface area contributed by atoms with Crippen LogP contribution in [-0.4, -0.2) is 41.8 Å². The topological polar surface area (TPSA) is 63.7 Å². The fraction of sp³-hybridized carbons (Fsp3) is 0.278. The molecule has 1 amide bonds. The van der Waals surface area contributed by atoms with Crippen molar-refractivity contribution in [1.82, 2.24) is 4.90 Å². The number of Topliss-reactive ketones (excluding diaryl/α,β-unsaturated/α-hetero) is 1. The molecule has 1 unspecified atom stereocenters. The summed E-state index contributed by atoms with van der Waals surface area (Å²) in [5.74, 6) is -1.14. The van der Waals surface area contributed by atoms with E-state index in [1.54, 1.807) is 12.1 Å². The number of rotatable bonds is 5. The number of ether oxygens (including phenoxy) is 1. The van der Waals surface area contributed by atoms with Crippen LogP contribution in [0.5, 0.6) is 0 Å². The van der Waals surface area contributed by atoms with Gasteiger partial charge in [0.15, 0.2) is 12.4 Å². The largest absolute Gasteiger partial charge is 0.456 e. The third-order valence-corrected chi connectivity index (χ3v) is 5.70. The minimum Gasteiger partial charge on any atom is -0.456 e. The number of carbonyl (C=O) groups excluding carboxylic acids is 3. The number of hydrogen-bond acceptors (Lipinski definition) is 5. The predicted molar refractivity (Wildman–Crippen MR) is 100 cm³/mol. The Morgan fingerprint density at radius 3 is 2.69 bits per heavy atom. The number of halogens is 2. The molecule has 1 fully saturated rings. The van der Waals surface area contributed by atoms with Gasteiger partial charge in [-0.1, -0.05) is 29.3 Å². The molecule has 0 aliphatic carbocycles. The van der Waals surface area contributed by atoms with Gasteiger partial charge in [-0.15, -0.1) is 11.3 Å². The van der Waals surface area contributed by atoms with E-state index < -0.39 is 18.6 Å². The van der Waals surface area contributed by atoms with Crippen LogP contribution in [-0.2, 0) is 9.53 Å². The Morgan fingerprint density at radius 2 is 2.00 bits per heavy atom. The van der Waals surface area contributed by atoms with E-state index in [-0.39, 0.29) is 16.7 Å². The Labute approximate surface area is 164 Å². The Kier molecular flexibility index (Phi) is 5.96. The number of thiophene rings is 1. The number of esters is 1.